The SMILES string of the molecule is CNOCCCSSCCNC(=O)CCC(C)=O. The van der Waals surface area contributed by atoms with Crippen molar-refractivity contribution >= 4 is 33.3 Å². The van der Waals surface area contributed by atoms with Gasteiger partial charge in [0, 0.05) is 37.9 Å². The van der Waals surface area contributed by atoms with Gasteiger partial charge in [-0.15, -0.1) is 0 Å². The van der Waals surface area contributed by atoms with Crippen LogP contribution in [0.3, 0.4) is 0 Å². The molecule has 0 aliphatic carbocycles. The lowest BCUT2D eigenvalue weighted by atomic mass is 10.2. The third-order valence-electron chi connectivity index (χ3n) is 1.91. The Morgan fingerprint density at radius 2 is 1.89 bits per heavy atom. The smallest absolute Gasteiger partial charge is 0.220 e. The first-order valence-electron chi connectivity index (χ1n) is 5.96. The second-order valence-electron chi connectivity index (χ2n) is 3.60. The fraction of sp³-hybridized carbons (Fsp3) is 0.818. The number of rotatable bonds is 12. The van der Waals surface area contributed by atoms with E-state index in [4.69, 9.17) is 4.84 Å². The molecule has 0 rings (SSSR count). The van der Waals surface area contributed by atoms with Crippen molar-refractivity contribution in [3.8, 4) is 0 Å². The first kappa shape index (κ1) is 17.8. The minimum absolute atomic E-state index is 0.0433. The molecule has 0 fully saturated rings. The molecule has 106 valence electrons. The summed E-state index contributed by atoms with van der Waals surface area (Å²) >= 11 is 0. The van der Waals surface area contributed by atoms with E-state index < -0.39 is 0 Å². The Morgan fingerprint density at radius 3 is 2.56 bits per heavy atom. The summed E-state index contributed by atoms with van der Waals surface area (Å²) in [5.41, 5.74) is 2.62. The van der Waals surface area contributed by atoms with E-state index in [0.717, 1.165) is 17.9 Å². The summed E-state index contributed by atoms with van der Waals surface area (Å²) in [6.07, 6.45) is 1.64. The quantitative estimate of drug-likeness (QED) is 0.322. The van der Waals surface area contributed by atoms with Gasteiger partial charge in [-0.2, -0.15) is 0 Å². The summed E-state index contributed by atoms with van der Waals surface area (Å²) in [7, 11) is 5.26. The molecule has 5 nitrogen and oxygen atoms in total. The molecule has 2 N–H and O–H groups in total. The van der Waals surface area contributed by atoms with E-state index in [2.05, 4.69) is 10.8 Å². The Balaban J connectivity index is 3.15. The molecule has 0 atom stereocenters. The third-order valence-corrected chi connectivity index (χ3v) is 4.41. The third kappa shape index (κ3) is 13.8. The van der Waals surface area contributed by atoms with E-state index in [1.807, 2.05) is 0 Å². The maximum absolute atomic E-state index is 11.3. The molecule has 1 amide bonds. The Hall–Kier alpha value is -0.240. The molecule has 0 aromatic heterocycles. The second-order valence-corrected chi connectivity index (χ2v) is 6.30. The lowest BCUT2D eigenvalue weighted by molar-refractivity contribution is -0.124. The van der Waals surface area contributed by atoms with Crippen LogP contribution in [0.25, 0.3) is 0 Å². The number of hydroxylamine groups is 1. The van der Waals surface area contributed by atoms with Crippen LogP contribution in [0.4, 0.5) is 0 Å². The van der Waals surface area contributed by atoms with Crippen LogP contribution < -0.4 is 10.8 Å². The monoisotopic (exact) mass is 294 g/mol. The van der Waals surface area contributed by atoms with Gasteiger partial charge in [-0.3, -0.25) is 4.79 Å². The second kappa shape index (κ2) is 13.2. The van der Waals surface area contributed by atoms with Crippen molar-refractivity contribution in [1.82, 2.24) is 10.8 Å². The van der Waals surface area contributed by atoms with E-state index in [1.165, 1.54) is 6.92 Å². The highest BCUT2D eigenvalue weighted by Gasteiger charge is 2.02. The molecular formula is C11H22N2O3S2. The van der Waals surface area contributed by atoms with Crippen LogP contribution in [0.15, 0.2) is 0 Å². The highest BCUT2D eigenvalue weighted by molar-refractivity contribution is 8.76. The molecular weight excluding hydrogens is 272 g/mol. The van der Waals surface area contributed by atoms with Crippen LogP contribution in [-0.2, 0) is 14.4 Å². The summed E-state index contributed by atoms with van der Waals surface area (Å²) in [4.78, 5) is 26.9. The average Bonchev–Trinajstić information content (AvgIpc) is 2.34. The number of ketones is 1. The summed E-state index contributed by atoms with van der Waals surface area (Å²) in [6, 6.07) is 0. The van der Waals surface area contributed by atoms with Crippen molar-refractivity contribution < 1.29 is 14.4 Å². The fourth-order valence-corrected chi connectivity index (χ4v) is 2.99. The predicted molar refractivity (Wildman–Crippen MR) is 77.5 cm³/mol. The minimum atomic E-state index is -0.0433. The van der Waals surface area contributed by atoms with E-state index in [0.29, 0.717) is 26.0 Å². The van der Waals surface area contributed by atoms with E-state index >= 15 is 0 Å². The van der Waals surface area contributed by atoms with Gasteiger partial charge >= 0.3 is 0 Å². The summed E-state index contributed by atoms with van der Waals surface area (Å²) in [6.45, 7) is 2.87. The standard InChI is InChI=1S/C11H22N2O3S2/c1-10(14)4-5-11(15)13-6-9-18-17-8-3-7-16-12-2/h12H,3-9H2,1-2H3,(H,13,15). The maximum atomic E-state index is 11.3. The molecule has 0 bridgehead atoms. The van der Waals surface area contributed by atoms with Gasteiger partial charge in [0.15, 0.2) is 0 Å². The first-order valence-corrected chi connectivity index (χ1v) is 8.44. The molecule has 0 saturated carbocycles. The number of carbonyl (C=O) groups excluding carboxylic acids is 2. The molecule has 0 aromatic carbocycles. The predicted octanol–water partition coefficient (Wildman–Crippen LogP) is 1.39. The topological polar surface area (TPSA) is 67.4 Å². The molecule has 7 heteroatoms. The number of amides is 1. The first-order chi connectivity index (χ1) is 8.66. The van der Waals surface area contributed by atoms with Crippen molar-refractivity contribution in [2.45, 2.75) is 26.2 Å². The van der Waals surface area contributed by atoms with Gasteiger partial charge in [0.25, 0.3) is 0 Å². The van der Waals surface area contributed by atoms with Crippen molar-refractivity contribution in [3.63, 3.8) is 0 Å². The summed E-state index contributed by atoms with van der Waals surface area (Å²) < 4.78 is 0. The van der Waals surface area contributed by atoms with Gasteiger partial charge in [-0.05, 0) is 13.3 Å². The maximum Gasteiger partial charge on any atom is 0.220 e. The number of carbonyl (C=O) groups is 2. The van der Waals surface area contributed by atoms with Gasteiger partial charge < -0.3 is 14.9 Å². The van der Waals surface area contributed by atoms with Gasteiger partial charge in [0.2, 0.25) is 5.91 Å². The molecule has 0 spiro atoms. The number of Topliss-reactive ketones (excluding diaryl/α,β-unsaturated/α-hetero) is 1. The van der Waals surface area contributed by atoms with Gasteiger partial charge in [0.05, 0.1) is 6.61 Å². The molecule has 18 heavy (non-hydrogen) atoms. The van der Waals surface area contributed by atoms with Crippen molar-refractivity contribution in [2.24, 2.45) is 0 Å². The van der Waals surface area contributed by atoms with Crippen molar-refractivity contribution in [2.75, 3.05) is 31.7 Å². The Bertz CT molecular complexity index is 240. The molecule has 0 aliphatic rings. The van der Waals surface area contributed by atoms with Crippen molar-refractivity contribution in [3.05, 3.63) is 0 Å². The zero-order chi connectivity index (χ0) is 13.6. The van der Waals surface area contributed by atoms with Gasteiger partial charge in [-0.1, -0.05) is 21.6 Å². The van der Waals surface area contributed by atoms with E-state index in [9.17, 15) is 9.59 Å². The number of nitrogens with one attached hydrogen (secondary N) is 2. The van der Waals surface area contributed by atoms with Crippen LogP contribution >= 0.6 is 21.6 Å². The molecule has 0 aliphatic heterocycles. The van der Waals surface area contributed by atoms with Crippen molar-refractivity contribution in [1.29, 1.82) is 0 Å². The fourth-order valence-electron chi connectivity index (χ4n) is 1.02. The van der Waals surface area contributed by atoms with Crippen LogP contribution in [0.2, 0.25) is 0 Å². The highest BCUT2D eigenvalue weighted by Crippen LogP contribution is 2.20. The van der Waals surface area contributed by atoms with Gasteiger partial charge in [-0.25, -0.2) is 5.48 Å². The van der Waals surface area contributed by atoms with E-state index in [1.54, 1.807) is 28.6 Å². The molecule has 0 radical (unpaired) electrons. The van der Waals surface area contributed by atoms with E-state index in [-0.39, 0.29) is 11.7 Å². The molecule has 0 unspecified atom stereocenters. The molecule has 0 saturated heterocycles. The highest BCUT2D eigenvalue weighted by atomic mass is 33.1. The molecule has 0 heterocycles. The lowest BCUT2D eigenvalue weighted by Crippen LogP contribution is -2.25. The average molecular weight is 294 g/mol. The van der Waals surface area contributed by atoms with Crippen LogP contribution in [0.5, 0.6) is 0 Å². The Morgan fingerprint density at radius 1 is 1.17 bits per heavy atom. The minimum Gasteiger partial charge on any atom is -0.355 e. The van der Waals surface area contributed by atoms with Crippen LogP contribution in [0, 0.1) is 0 Å². The normalized spacial score (nSPS) is 10.3. The number of hydrogen-bond donors (Lipinski definition) is 2. The van der Waals surface area contributed by atoms with Crippen LogP contribution in [-0.4, -0.2) is 43.4 Å². The Labute approximate surface area is 117 Å². The largest absolute Gasteiger partial charge is 0.355 e. The Kier molecular flexibility index (Phi) is 13.0. The lowest BCUT2D eigenvalue weighted by Gasteiger charge is -2.04. The van der Waals surface area contributed by atoms with Gasteiger partial charge in [0.1, 0.15) is 5.78 Å². The van der Waals surface area contributed by atoms with Crippen LogP contribution in [0.1, 0.15) is 26.2 Å². The summed E-state index contributed by atoms with van der Waals surface area (Å²) in [5, 5.41) is 2.79. The zero-order valence-electron chi connectivity index (χ0n) is 11.0. The summed E-state index contributed by atoms with van der Waals surface area (Å²) in [5.74, 6) is 1.92. The molecule has 0 aromatic rings. The number of hydrogen-bond acceptors (Lipinski definition) is 6. The zero-order valence-corrected chi connectivity index (χ0v) is 12.6.